The van der Waals surface area contributed by atoms with Crippen LogP contribution in [0.25, 0.3) is 0 Å². The third-order valence-corrected chi connectivity index (χ3v) is 4.80. The largest absolute Gasteiger partial charge is 0.375 e. The highest BCUT2D eigenvalue weighted by atomic mass is 16.3. The summed E-state index contributed by atoms with van der Waals surface area (Å²) in [7, 11) is 0. The topological polar surface area (TPSA) is 86.3 Å². The number of hydrogen-bond donors (Lipinski definition) is 2. The monoisotopic (exact) mass is 341 g/mol. The second kappa shape index (κ2) is 6.44. The second-order valence-corrected chi connectivity index (χ2v) is 6.60. The van der Waals surface area contributed by atoms with Crippen molar-refractivity contribution in [1.82, 2.24) is 10.2 Å². The van der Waals surface area contributed by atoms with E-state index in [2.05, 4.69) is 10.2 Å². The van der Waals surface area contributed by atoms with Gasteiger partial charge in [0.25, 0.3) is 5.91 Å². The van der Waals surface area contributed by atoms with Gasteiger partial charge in [-0.25, -0.2) is 0 Å². The van der Waals surface area contributed by atoms with Crippen LogP contribution in [0.2, 0.25) is 0 Å². The molecular weight excluding hydrogens is 318 g/mol. The molecule has 0 saturated carbocycles. The average molecular weight is 341 g/mol. The molecule has 0 spiro atoms. The van der Waals surface area contributed by atoms with Crippen LogP contribution >= 0.6 is 0 Å². The number of nitrogens with zero attached hydrogens (tertiary/aromatic N) is 2. The van der Waals surface area contributed by atoms with Gasteiger partial charge in [-0.15, -0.1) is 0 Å². The summed E-state index contributed by atoms with van der Waals surface area (Å²) in [5.74, 6) is -0.707. The van der Waals surface area contributed by atoms with Crippen molar-refractivity contribution in [2.45, 2.75) is 45.6 Å². The van der Waals surface area contributed by atoms with Crippen molar-refractivity contribution < 1.29 is 14.7 Å². The van der Waals surface area contributed by atoms with Gasteiger partial charge in [0.05, 0.1) is 23.4 Å². The molecule has 0 bridgehead atoms. The molecule has 1 aromatic heterocycles. The third-order valence-electron chi connectivity index (χ3n) is 4.80. The fraction of sp³-hybridized carbons (Fsp3) is 0.421. The third kappa shape index (κ3) is 2.76. The number of aryl methyl sites for hydroxylation is 2. The Morgan fingerprint density at radius 2 is 2.04 bits per heavy atom. The van der Waals surface area contributed by atoms with Gasteiger partial charge < -0.3 is 10.0 Å². The van der Waals surface area contributed by atoms with Crippen LogP contribution in [0, 0.1) is 13.8 Å². The number of benzene rings is 1. The van der Waals surface area contributed by atoms with E-state index in [0.29, 0.717) is 34.7 Å². The lowest BCUT2D eigenvalue weighted by Crippen LogP contribution is -2.42. The summed E-state index contributed by atoms with van der Waals surface area (Å²) in [6.07, 6.45) is 1.49. The first kappa shape index (κ1) is 17.4. The summed E-state index contributed by atoms with van der Waals surface area (Å²) in [6, 6.07) is 7.16. The smallest absolute Gasteiger partial charge is 0.264 e. The van der Waals surface area contributed by atoms with E-state index in [-0.39, 0.29) is 12.2 Å². The van der Waals surface area contributed by atoms with Gasteiger partial charge in [-0.05, 0) is 26.3 Å². The molecule has 1 atom stereocenters. The molecule has 3 rings (SSSR count). The molecule has 6 heteroatoms. The van der Waals surface area contributed by atoms with Gasteiger partial charge in [0, 0.05) is 17.8 Å². The lowest BCUT2D eigenvalue weighted by molar-refractivity contribution is -0.135. The Balaban J connectivity index is 1.97. The van der Waals surface area contributed by atoms with E-state index in [0.717, 1.165) is 12.8 Å². The van der Waals surface area contributed by atoms with Gasteiger partial charge in [-0.1, -0.05) is 31.5 Å². The van der Waals surface area contributed by atoms with Crippen LogP contribution in [0.1, 0.15) is 53.5 Å². The number of rotatable bonds is 6. The number of para-hydroxylation sites is 1. The van der Waals surface area contributed by atoms with Crippen LogP contribution < -0.4 is 4.90 Å². The number of aliphatic hydroxyl groups is 1. The van der Waals surface area contributed by atoms with Gasteiger partial charge in [-0.3, -0.25) is 14.7 Å². The first-order chi connectivity index (χ1) is 11.9. The molecule has 25 heavy (non-hydrogen) atoms. The van der Waals surface area contributed by atoms with Crippen LogP contribution in [-0.2, 0) is 10.4 Å². The maximum Gasteiger partial charge on any atom is 0.264 e. The van der Waals surface area contributed by atoms with E-state index in [1.165, 1.54) is 0 Å². The van der Waals surface area contributed by atoms with Crippen molar-refractivity contribution in [2.75, 3.05) is 11.4 Å². The van der Waals surface area contributed by atoms with Crippen LogP contribution in [0.5, 0.6) is 0 Å². The van der Waals surface area contributed by atoms with Crippen molar-refractivity contribution in [3.63, 3.8) is 0 Å². The molecule has 0 radical (unpaired) electrons. The highest BCUT2D eigenvalue weighted by Gasteiger charge is 2.50. The van der Waals surface area contributed by atoms with E-state index in [4.69, 9.17) is 0 Å². The second-order valence-electron chi connectivity index (χ2n) is 6.60. The number of Topliss-reactive ketones (excluding diaryl/α,β-unsaturated/α-hetero) is 1. The molecule has 1 aliphatic rings. The Kier molecular flexibility index (Phi) is 4.47. The molecule has 2 N–H and O–H groups in total. The van der Waals surface area contributed by atoms with E-state index < -0.39 is 11.5 Å². The number of carbonyl (C=O) groups excluding carboxylic acids is 2. The molecule has 1 aliphatic heterocycles. The summed E-state index contributed by atoms with van der Waals surface area (Å²) in [5, 5.41) is 18.0. The minimum Gasteiger partial charge on any atom is -0.375 e. The predicted octanol–water partition coefficient (Wildman–Crippen LogP) is 2.63. The zero-order valence-electron chi connectivity index (χ0n) is 14.8. The normalized spacial score (nSPS) is 19.4. The highest BCUT2D eigenvalue weighted by molar-refractivity contribution is 6.11. The highest BCUT2D eigenvalue weighted by Crippen LogP contribution is 2.43. The molecule has 0 fully saturated rings. The van der Waals surface area contributed by atoms with E-state index in [1.807, 2.05) is 19.1 Å². The first-order valence-electron chi connectivity index (χ1n) is 8.58. The van der Waals surface area contributed by atoms with Crippen molar-refractivity contribution in [1.29, 1.82) is 0 Å². The van der Waals surface area contributed by atoms with Crippen molar-refractivity contribution in [2.24, 2.45) is 0 Å². The van der Waals surface area contributed by atoms with Gasteiger partial charge >= 0.3 is 0 Å². The molecule has 1 amide bonds. The number of anilines is 1. The average Bonchev–Trinajstić information content (AvgIpc) is 3.02. The fourth-order valence-corrected chi connectivity index (χ4v) is 3.50. The summed E-state index contributed by atoms with van der Waals surface area (Å²) >= 11 is 0. The quantitative estimate of drug-likeness (QED) is 0.791. The molecule has 0 aliphatic carbocycles. The van der Waals surface area contributed by atoms with Crippen molar-refractivity contribution in [3.05, 3.63) is 46.8 Å². The molecule has 1 unspecified atom stereocenters. The van der Waals surface area contributed by atoms with Crippen LogP contribution in [0.4, 0.5) is 5.69 Å². The first-order valence-corrected chi connectivity index (χ1v) is 8.58. The van der Waals surface area contributed by atoms with Crippen molar-refractivity contribution in [3.8, 4) is 0 Å². The lowest BCUT2D eigenvalue weighted by atomic mass is 9.87. The van der Waals surface area contributed by atoms with E-state index in [1.54, 1.807) is 30.9 Å². The summed E-state index contributed by atoms with van der Waals surface area (Å²) in [6.45, 7) is 6.08. The standard InChI is InChI=1S/C19H23N3O3/c1-4-5-10-22-15-9-7-6-8-14(15)19(25,18(22)24)11-16(23)17-12(2)20-21-13(17)3/h6-9,25H,4-5,10-11H2,1-3H3,(H,20,21). The number of hydrogen-bond acceptors (Lipinski definition) is 4. The number of carbonyl (C=O) groups is 2. The SMILES string of the molecule is CCCCN1C(=O)C(O)(CC(=O)c2c(C)n[nH]c2C)c2ccccc21. The number of nitrogens with one attached hydrogen (secondary N) is 1. The van der Waals surface area contributed by atoms with Gasteiger partial charge in [-0.2, -0.15) is 5.10 Å². The Labute approximate surface area is 146 Å². The maximum absolute atomic E-state index is 13.0. The molecular formula is C19H23N3O3. The summed E-state index contributed by atoms with van der Waals surface area (Å²) in [4.78, 5) is 27.4. The number of unbranched alkanes of at least 4 members (excludes halogenated alkanes) is 1. The minimum atomic E-state index is -1.82. The van der Waals surface area contributed by atoms with Crippen LogP contribution in [-0.4, -0.2) is 33.5 Å². The fourth-order valence-electron chi connectivity index (χ4n) is 3.50. The lowest BCUT2D eigenvalue weighted by Gasteiger charge is -2.22. The van der Waals surface area contributed by atoms with E-state index in [9.17, 15) is 14.7 Å². The Bertz CT molecular complexity index is 808. The predicted molar refractivity (Wildman–Crippen MR) is 94.6 cm³/mol. The summed E-state index contributed by atoms with van der Waals surface area (Å²) in [5.41, 5.74) is 1.04. The Morgan fingerprint density at radius 3 is 2.68 bits per heavy atom. The molecule has 0 saturated heterocycles. The number of ketones is 1. The van der Waals surface area contributed by atoms with Crippen LogP contribution in [0.15, 0.2) is 24.3 Å². The molecule has 132 valence electrons. The van der Waals surface area contributed by atoms with Gasteiger partial charge in [0.1, 0.15) is 0 Å². The van der Waals surface area contributed by atoms with Gasteiger partial charge in [0.2, 0.25) is 0 Å². The molecule has 6 nitrogen and oxygen atoms in total. The number of amides is 1. The number of H-pyrrole nitrogens is 1. The number of fused-ring (bicyclic) bond motifs is 1. The minimum absolute atomic E-state index is 0.285. The maximum atomic E-state index is 13.0. The molecule has 1 aromatic carbocycles. The zero-order valence-corrected chi connectivity index (χ0v) is 14.8. The van der Waals surface area contributed by atoms with Crippen molar-refractivity contribution >= 4 is 17.4 Å². The Morgan fingerprint density at radius 1 is 1.32 bits per heavy atom. The van der Waals surface area contributed by atoms with Crippen LogP contribution in [0.3, 0.4) is 0 Å². The Hall–Kier alpha value is -2.47. The van der Waals surface area contributed by atoms with Gasteiger partial charge in [0.15, 0.2) is 11.4 Å². The number of aromatic amines is 1. The number of aromatic nitrogens is 2. The van der Waals surface area contributed by atoms with E-state index >= 15 is 0 Å². The molecule has 2 aromatic rings. The zero-order chi connectivity index (χ0) is 18.2. The summed E-state index contributed by atoms with van der Waals surface area (Å²) < 4.78 is 0. The molecule has 2 heterocycles.